The first-order valence-electron chi connectivity index (χ1n) is 13.6. The van der Waals surface area contributed by atoms with Crippen molar-refractivity contribution in [3.8, 4) is 0 Å². The summed E-state index contributed by atoms with van der Waals surface area (Å²) in [6.45, 7) is 0.901. The minimum Gasteiger partial charge on any atom is -0.465 e. The van der Waals surface area contributed by atoms with E-state index in [0.717, 1.165) is 19.3 Å². The van der Waals surface area contributed by atoms with Crippen LogP contribution in [0.15, 0.2) is 0 Å². The second kappa shape index (κ2) is 23.5. The SMILES string of the molecule is CCCCCCCCCCCCCCCCCCCCCC(=O)OCC(CO)(CO)CO. The summed E-state index contributed by atoms with van der Waals surface area (Å²) in [6, 6.07) is 0. The number of carbonyl (C=O) groups excluding carboxylic acids is 1. The van der Waals surface area contributed by atoms with Gasteiger partial charge in [0.05, 0.1) is 25.2 Å². The van der Waals surface area contributed by atoms with Crippen molar-refractivity contribution in [1.82, 2.24) is 0 Å². The molecule has 5 nitrogen and oxygen atoms in total. The normalized spacial score (nSPS) is 11.8. The standard InChI is InChI=1S/C27H54O5/c1-2-3-4-5-6-7-8-9-10-11-12-13-14-15-16-17-18-19-20-21-26(31)32-25-27(22-28,23-29)24-30/h28-30H,2-25H2,1H3. The summed E-state index contributed by atoms with van der Waals surface area (Å²) < 4.78 is 5.10. The molecule has 0 aliphatic carbocycles. The molecule has 5 heteroatoms. The molecule has 0 amide bonds. The van der Waals surface area contributed by atoms with E-state index >= 15 is 0 Å². The van der Waals surface area contributed by atoms with Gasteiger partial charge in [-0.05, 0) is 6.42 Å². The lowest BCUT2D eigenvalue weighted by Gasteiger charge is -2.26. The van der Waals surface area contributed by atoms with Gasteiger partial charge < -0.3 is 20.1 Å². The molecule has 0 heterocycles. The predicted molar refractivity (Wildman–Crippen MR) is 133 cm³/mol. The van der Waals surface area contributed by atoms with Gasteiger partial charge in [-0.1, -0.05) is 122 Å². The minimum absolute atomic E-state index is 0.144. The van der Waals surface area contributed by atoms with Crippen molar-refractivity contribution < 1.29 is 24.9 Å². The van der Waals surface area contributed by atoms with E-state index in [4.69, 9.17) is 4.74 Å². The van der Waals surface area contributed by atoms with Crippen LogP contribution < -0.4 is 0 Å². The maximum Gasteiger partial charge on any atom is 0.305 e. The van der Waals surface area contributed by atoms with Crippen molar-refractivity contribution in [3.05, 3.63) is 0 Å². The molecule has 0 aliphatic heterocycles. The minimum atomic E-state index is -1.14. The van der Waals surface area contributed by atoms with E-state index in [9.17, 15) is 20.1 Å². The highest BCUT2D eigenvalue weighted by Crippen LogP contribution is 2.17. The molecule has 0 aromatic rings. The topological polar surface area (TPSA) is 87.0 Å². The van der Waals surface area contributed by atoms with Crippen LogP contribution in [0.2, 0.25) is 0 Å². The number of carbonyl (C=O) groups is 1. The maximum absolute atomic E-state index is 11.8. The number of hydrogen-bond acceptors (Lipinski definition) is 5. The Morgan fingerprint density at radius 2 is 0.875 bits per heavy atom. The van der Waals surface area contributed by atoms with Gasteiger partial charge in [-0.25, -0.2) is 0 Å². The highest BCUT2D eigenvalue weighted by Gasteiger charge is 2.29. The van der Waals surface area contributed by atoms with Crippen LogP contribution in [-0.4, -0.2) is 47.7 Å². The predicted octanol–water partition coefficient (Wildman–Crippen LogP) is 6.31. The van der Waals surface area contributed by atoms with E-state index in [2.05, 4.69) is 6.92 Å². The second-order valence-corrected chi connectivity index (χ2v) is 9.75. The summed E-state index contributed by atoms with van der Waals surface area (Å²) in [4.78, 5) is 11.8. The molecule has 192 valence electrons. The van der Waals surface area contributed by atoms with Gasteiger partial charge in [0.15, 0.2) is 0 Å². The van der Waals surface area contributed by atoms with Crippen LogP contribution in [0.3, 0.4) is 0 Å². The van der Waals surface area contributed by atoms with Crippen LogP contribution in [-0.2, 0) is 9.53 Å². The Balaban J connectivity index is 3.29. The summed E-state index contributed by atoms with van der Waals surface area (Å²) in [5.41, 5.74) is -1.14. The highest BCUT2D eigenvalue weighted by molar-refractivity contribution is 5.69. The van der Waals surface area contributed by atoms with Gasteiger partial charge in [-0.15, -0.1) is 0 Å². The Morgan fingerprint density at radius 1 is 0.562 bits per heavy atom. The van der Waals surface area contributed by atoms with Crippen molar-refractivity contribution in [2.75, 3.05) is 26.4 Å². The molecule has 0 atom stereocenters. The summed E-state index contributed by atoms with van der Waals surface area (Å²) >= 11 is 0. The number of rotatable bonds is 25. The molecule has 0 bridgehead atoms. The Kier molecular flexibility index (Phi) is 23.0. The molecule has 32 heavy (non-hydrogen) atoms. The average Bonchev–Trinajstić information content (AvgIpc) is 2.82. The van der Waals surface area contributed by atoms with Crippen molar-refractivity contribution in [1.29, 1.82) is 0 Å². The van der Waals surface area contributed by atoms with Gasteiger partial charge in [-0.3, -0.25) is 4.79 Å². The quantitative estimate of drug-likeness (QED) is 0.110. The zero-order valence-electron chi connectivity index (χ0n) is 21.1. The Bertz CT molecular complexity index is 387. The van der Waals surface area contributed by atoms with Crippen molar-refractivity contribution in [2.45, 2.75) is 135 Å². The number of esters is 1. The fourth-order valence-corrected chi connectivity index (χ4v) is 3.94. The van der Waals surface area contributed by atoms with E-state index in [1.165, 1.54) is 103 Å². The summed E-state index contributed by atoms with van der Waals surface area (Å²) in [5.74, 6) is -0.323. The van der Waals surface area contributed by atoms with Crippen LogP contribution in [0.4, 0.5) is 0 Å². The molecular weight excluding hydrogens is 404 g/mol. The second-order valence-electron chi connectivity index (χ2n) is 9.75. The van der Waals surface area contributed by atoms with E-state index in [0.29, 0.717) is 6.42 Å². The summed E-state index contributed by atoms with van der Waals surface area (Å²) in [5, 5.41) is 27.7. The van der Waals surface area contributed by atoms with Gasteiger partial charge >= 0.3 is 5.97 Å². The Morgan fingerprint density at radius 3 is 1.19 bits per heavy atom. The van der Waals surface area contributed by atoms with Crippen molar-refractivity contribution >= 4 is 5.97 Å². The number of unbranched alkanes of at least 4 members (excludes halogenated alkanes) is 18. The molecule has 0 spiro atoms. The van der Waals surface area contributed by atoms with E-state index in [-0.39, 0.29) is 12.6 Å². The lowest BCUT2D eigenvalue weighted by atomic mass is 9.93. The van der Waals surface area contributed by atoms with Crippen molar-refractivity contribution in [3.63, 3.8) is 0 Å². The van der Waals surface area contributed by atoms with Gasteiger partial charge in [0, 0.05) is 6.42 Å². The molecule has 0 aromatic heterocycles. The first kappa shape index (κ1) is 31.4. The lowest BCUT2D eigenvalue weighted by molar-refractivity contribution is -0.151. The van der Waals surface area contributed by atoms with E-state index < -0.39 is 25.2 Å². The molecule has 0 aromatic carbocycles. The molecule has 0 saturated heterocycles. The van der Waals surface area contributed by atoms with Crippen LogP contribution in [0.1, 0.15) is 135 Å². The molecule has 0 radical (unpaired) electrons. The number of aliphatic hydroxyl groups excluding tert-OH is 3. The molecular formula is C27H54O5. The average molecular weight is 459 g/mol. The number of aliphatic hydroxyl groups is 3. The smallest absolute Gasteiger partial charge is 0.305 e. The maximum atomic E-state index is 11.8. The van der Waals surface area contributed by atoms with Gasteiger partial charge in [0.2, 0.25) is 0 Å². The van der Waals surface area contributed by atoms with E-state index in [1.54, 1.807) is 0 Å². The van der Waals surface area contributed by atoms with Crippen LogP contribution in [0.25, 0.3) is 0 Å². The largest absolute Gasteiger partial charge is 0.465 e. The molecule has 0 unspecified atom stereocenters. The van der Waals surface area contributed by atoms with Crippen LogP contribution >= 0.6 is 0 Å². The molecule has 0 aliphatic rings. The summed E-state index contributed by atoms with van der Waals surface area (Å²) in [7, 11) is 0. The third kappa shape index (κ3) is 18.9. The first-order valence-corrected chi connectivity index (χ1v) is 13.6. The van der Waals surface area contributed by atoms with Crippen molar-refractivity contribution in [2.24, 2.45) is 5.41 Å². The Hall–Kier alpha value is -0.650. The molecule has 0 fully saturated rings. The number of hydrogen-bond donors (Lipinski definition) is 3. The zero-order valence-corrected chi connectivity index (χ0v) is 21.1. The fourth-order valence-electron chi connectivity index (χ4n) is 3.94. The first-order chi connectivity index (χ1) is 15.6. The van der Waals surface area contributed by atoms with Gasteiger partial charge in [0.1, 0.15) is 6.61 Å². The highest BCUT2D eigenvalue weighted by atomic mass is 16.5. The summed E-state index contributed by atoms with van der Waals surface area (Å²) in [6.07, 6.45) is 25.5. The lowest BCUT2D eigenvalue weighted by Crippen LogP contribution is -2.39. The van der Waals surface area contributed by atoms with Gasteiger partial charge in [-0.2, -0.15) is 0 Å². The fraction of sp³-hybridized carbons (Fsp3) is 0.963. The molecule has 0 saturated carbocycles. The molecule has 0 rings (SSSR count). The van der Waals surface area contributed by atoms with Gasteiger partial charge in [0.25, 0.3) is 0 Å². The van der Waals surface area contributed by atoms with Crippen LogP contribution in [0.5, 0.6) is 0 Å². The van der Waals surface area contributed by atoms with Crippen LogP contribution in [0, 0.1) is 5.41 Å². The third-order valence-electron chi connectivity index (χ3n) is 6.53. The Labute approximate surface area is 198 Å². The third-order valence-corrected chi connectivity index (χ3v) is 6.53. The van der Waals surface area contributed by atoms with E-state index in [1.807, 2.05) is 0 Å². The zero-order chi connectivity index (χ0) is 23.8. The molecule has 3 N–H and O–H groups in total. The number of ether oxygens (including phenoxy) is 1. The monoisotopic (exact) mass is 458 g/mol.